The van der Waals surface area contributed by atoms with E-state index in [0.29, 0.717) is 6.07 Å². The molecule has 0 aliphatic rings. The summed E-state index contributed by atoms with van der Waals surface area (Å²) in [4.78, 5) is 10.5. The smallest absolute Gasteiger partial charge is 0.310 e. The Morgan fingerprint density at radius 1 is 1.19 bits per heavy atom. The van der Waals surface area contributed by atoms with Crippen LogP contribution in [0.15, 0.2) is 23.1 Å². The second kappa shape index (κ2) is 5.34. The Balaban J connectivity index is 3.25. The fourth-order valence-corrected chi connectivity index (χ4v) is 3.08. The highest BCUT2D eigenvalue weighted by Gasteiger charge is 2.46. The van der Waals surface area contributed by atoms with Gasteiger partial charge in [-0.3, -0.25) is 4.79 Å². The van der Waals surface area contributed by atoms with Gasteiger partial charge in [0.2, 0.25) is 10.0 Å². The molecule has 0 aliphatic carbocycles. The van der Waals surface area contributed by atoms with Crippen LogP contribution in [-0.2, 0) is 14.8 Å². The minimum Gasteiger partial charge on any atom is -0.481 e. The van der Waals surface area contributed by atoms with Crippen molar-refractivity contribution in [3.8, 4) is 0 Å². The summed E-state index contributed by atoms with van der Waals surface area (Å²) in [5.41, 5.74) is -2.85. The number of benzene rings is 1. The fourth-order valence-electron chi connectivity index (χ4n) is 1.48. The van der Waals surface area contributed by atoms with Crippen LogP contribution in [0.3, 0.4) is 0 Å². The Morgan fingerprint density at radius 2 is 1.71 bits per heavy atom. The number of sulfonamides is 1. The summed E-state index contributed by atoms with van der Waals surface area (Å²) < 4.78 is 53.0. The molecule has 0 heterocycles. The van der Waals surface area contributed by atoms with Gasteiger partial charge in [0.15, 0.2) is 0 Å². The molecule has 0 unspecified atom stereocenters. The monoisotopic (exact) mass is 321 g/mol. The van der Waals surface area contributed by atoms with E-state index >= 15 is 0 Å². The van der Waals surface area contributed by atoms with Crippen LogP contribution in [0.1, 0.15) is 27.7 Å². The number of rotatable bonds is 5. The average Bonchev–Trinajstić information content (AvgIpc) is 2.25. The lowest BCUT2D eigenvalue weighted by Crippen LogP contribution is -2.56. The van der Waals surface area contributed by atoms with Crippen LogP contribution in [0.2, 0.25) is 0 Å². The van der Waals surface area contributed by atoms with Crippen molar-refractivity contribution in [2.75, 3.05) is 0 Å². The van der Waals surface area contributed by atoms with Gasteiger partial charge < -0.3 is 5.11 Å². The van der Waals surface area contributed by atoms with Crippen LogP contribution in [0, 0.1) is 17.0 Å². The Kier molecular flexibility index (Phi) is 4.45. The predicted molar refractivity (Wildman–Crippen MR) is 72.2 cm³/mol. The van der Waals surface area contributed by atoms with Crippen LogP contribution in [0.4, 0.5) is 8.78 Å². The summed E-state index contributed by atoms with van der Waals surface area (Å²) in [5.74, 6) is -3.36. The second-order valence-electron chi connectivity index (χ2n) is 5.74. The van der Waals surface area contributed by atoms with Gasteiger partial charge in [0.25, 0.3) is 0 Å². The van der Waals surface area contributed by atoms with Crippen LogP contribution in [0.25, 0.3) is 0 Å². The third-order valence-electron chi connectivity index (χ3n) is 3.67. The standard InChI is InChI=1S/C13H17F2NO4S/c1-12(2,11(17)18)13(3,4)16-21(19,20)10-6-5-8(14)7-9(10)15/h5-7,16H,1-4H3,(H,17,18). The third kappa shape index (κ3) is 3.38. The molecule has 0 aromatic heterocycles. The highest BCUT2D eigenvalue weighted by atomic mass is 32.2. The molecule has 2 N–H and O–H groups in total. The molecule has 0 radical (unpaired) electrons. The average molecular weight is 321 g/mol. The van der Waals surface area contributed by atoms with Gasteiger partial charge in [-0.1, -0.05) is 0 Å². The number of carbonyl (C=O) groups is 1. The maximum absolute atomic E-state index is 13.6. The van der Waals surface area contributed by atoms with Crippen LogP contribution in [0.5, 0.6) is 0 Å². The lowest BCUT2D eigenvalue weighted by atomic mass is 9.75. The third-order valence-corrected chi connectivity index (χ3v) is 5.36. The number of hydrogen-bond donors (Lipinski definition) is 2. The maximum Gasteiger partial charge on any atom is 0.310 e. The maximum atomic E-state index is 13.6. The largest absolute Gasteiger partial charge is 0.481 e. The van der Waals surface area contributed by atoms with Crippen LogP contribution in [-0.4, -0.2) is 25.0 Å². The normalized spacial score (nSPS) is 13.2. The van der Waals surface area contributed by atoms with Crippen molar-refractivity contribution >= 4 is 16.0 Å². The Bertz CT molecular complexity index is 669. The van der Waals surface area contributed by atoms with Gasteiger partial charge in [-0.15, -0.1) is 0 Å². The number of halogens is 2. The molecule has 1 rings (SSSR count). The van der Waals surface area contributed by atoms with E-state index < -0.39 is 43.5 Å². The van der Waals surface area contributed by atoms with Gasteiger partial charge in [0, 0.05) is 11.6 Å². The molecule has 5 nitrogen and oxygen atoms in total. The second-order valence-corrected chi connectivity index (χ2v) is 7.39. The van der Waals surface area contributed by atoms with Crippen molar-refractivity contribution in [1.29, 1.82) is 0 Å². The van der Waals surface area contributed by atoms with E-state index in [9.17, 15) is 27.1 Å². The van der Waals surface area contributed by atoms with E-state index in [1.807, 2.05) is 0 Å². The first-order valence-electron chi connectivity index (χ1n) is 6.04. The van der Waals surface area contributed by atoms with Crippen molar-refractivity contribution in [2.45, 2.75) is 38.1 Å². The van der Waals surface area contributed by atoms with E-state index in [1.165, 1.54) is 27.7 Å². The molecule has 0 saturated carbocycles. The first-order valence-corrected chi connectivity index (χ1v) is 7.52. The zero-order valence-electron chi connectivity index (χ0n) is 12.1. The molecule has 0 saturated heterocycles. The minimum atomic E-state index is -4.34. The molecular weight excluding hydrogens is 304 g/mol. The lowest BCUT2D eigenvalue weighted by Gasteiger charge is -2.38. The number of nitrogens with one attached hydrogen (secondary N) is 1. The number of aliphatic carboxylic acids is 1. The summed E-state index contributed by atoms with van der Waals surface area (Å²) in [6.45, 7) is 5.44. The Morgan fingerprint density at radius 3 is 2.14 bits per heavy atom. The van der Waals surface area contributed by atoms with E-state index in [1.54, 1.807) is 0 Å². The molecule has 1 aromatic rings. The molecule has 8 heteroatoms. The number of carboxylic acid groups (broad SMARTS) is 1. The zero-order chi connectivity index (χ0) is 16.6. The minimum absolute atomic E-state index is 0.448. The van der Waals surface area contributed by atoms with Crippen molar-refractivity contribution in [3.05, 3.63) is 29.8 Å². The summed E-state index contributed by atoms with van der Waals surface area (Å²) in [7, 11) is -4.34. The van der Waals surface area contributed by atoms with Gasteiger partial charge >= 0.3 is 5.97 Å². The quantitative estimate of drug-likeness (QED) is 0.870. The van der Waals surface area contributed by atoms with E-state index in [2.05, 4.69) is 4.72 Å². The summed E-state index contributed by atoms with van der Waals surface area (Å²) in [6, 6.07) is 2.05. The van der Waals surface area contributed by atoms with Crippen molar-refractivity contribution in [1.82, 2.24) is 4.72 Å². The molecule has 0 aliphatic heterocycles. The fraction of sp³-hybridized carbons (Fsp3) is 0.462. The van der Waals surface area contributed by atoms with Crippen LogP contribution < -0.4 is 4.72 Å². The number of carboxylic acids is 1. The van der Waals surface area contributed by atoms with Crippen molar-refractivity contribution in [3.63, 3.8) is 0 Å². The highest BCUT2D eigenvalue weighted by Crippen LogP contribution is 2.32. The molecule has 118 valence electrons. The first-order chi connectivity index (χ1) is 9.31. The van der Waals surface area contributed by atoms with E-state index in [4.69, 9.17) is 0 Å². The molecule has 0 bridgehead atoms. The van der Waals surface area contributed by atoms with Crippen molar-refractivity contribution < 1.29 is 27.1 Å². The van der Waals surface area contributed by atoms with Crippen molar-refractivity contribution in [2.24, 2.45) is 5.41 Å². The van der Waals surface area contributed by atoms with E-state index in [0.717, 1.165) is 12.1 Å². The molecular formula is C13H17F2NO4S. The zero-order valence-corrected chi connectivity index (χ0v) is 12.9. The summed E-state index contributed by atoms with van der Waals surface area (Å²) in [6.07, 6.45) is 0. The highest BCUT2D eigenvalue weighted by molar-refractivity contribution is 7.89. The molecule has 0 spiro atoms. The molecule has 0 amide bonds. The van der Waals surface area contributed by atoms with Gasteiger partial charge in [-0.2, -0.15) is 0 Å². The van der Waals surface area contributed by atoms with Gasteiger partial charge in [-0.05, 0) is 39.8 Å². The summed E-state index contributed by atoms with van der Waals surface area (Å²) in [5, 5.41) is 9.18. The molecule has 1 aromatic carbocycles. The Hall–Kier alpha value is -1.54. The molecule has 0 atom stereocenters. The van der Waals surface area contributed by atoms with Gasteiger partial charge in [0.1, 0.15) is 16.5 Å². The summed E-state index contributed by atoms with van der Waals surface area (Å²) >= 11 is 0. The van der Waals surface area contributed by atoms with Gasteiger partial charge in [-0.25, -0.2) is 21.9 Å². The van der Waals surface area contributed by atoms with Crippen LogP contribution >= 0.6 is 0 Å². The Labute approximate surface area is 122 Å². The predicted octanol–water partition coefficient (Wildman–Crippen LogP) is 2.13. The number of hydrogen-bond acceptors (Lipinski definition) is 3. The van der Waals surface area contributed by atoms with E-state index in [-0.39, 0.29) is 0 Å². The first kappa shape index (κ1) is 17.5. The molecule has 21 heavy (non-hydrogen) atoms. The molecule has 0 fully saturated rings. The van der Waals surface area contributed by atoms with Gasteiger partial charge in [0.05, 0.1) is 5.41 Å². The SMILES string of the molecule is CC(C)(NS(=O)(=O)c1ccc(F)cc1F)C(C)(C)C(=O)O. The lowest BCUT2D eigenvalue weighted by molar-refractivity contribution is -0.150. The topological polar surface area (TPSA) is 83.5 Å².